The number of carboxylic acid groups (broad SMARTS) is 1. The number of H-pyrrole nitrogens is 1. The third kappa shape index (κ3) is 5.41. The number of aromatic nitrogens is 2. The number of nitrogens with zero attached hydrogens (tertiary/aromatic N) is 1. The van der Waals surface area contributed by atoms with E-state index < -0.39 is 17.9 Å². The van der Waals surface area contributed by atoms with Gasteiger partial charge in [0, 0.05) is 12.8 Å². The molecular formula is C21H20N3O5-. The van der Waals surface area contributed by atoms with Crippen molar-refractivity contribution in [3.63, 3.8) is 0 Å². The first-order valence-corrected chi connectivity index (χ1v) is 9.18. The van der Waals surface area contributed by atoms with Crippen molar-refractivity contribution >= 4 is 22.8 Å². The van der Waals surface area contributed by atoms with Crippen LogP contribution in [0.15, 0.2) is 53.3 Å². The van der Waals surface area contributed by atoms with E-state index in [0.717, 1.165) is 0 Å². The van der Waals surface area contributed by atoms with Crippen LogP contribution in [-0.4, -0.2) is 33.0 Å². The molecular weight excluding hydrogens is 374 g/mol. The Labute approximate surface area is 166 Å². The SMILES string of the molecule is O=C(CCCc1nc2ccccc2c(=O)[nH]1)N[C@H](Cc1ccc(O)cc1)C(=O)[O-]. The van der Waals surface area contributed by atoms with Crippen molar-refractivity contribution < 1.29 is 19.8 Å². The van der Waals surface area contributed by atoms with Gasteiger partial charge >= 0.3 is 0 Å². The highest BCUT2D eigenvalue weighted by molar-refractivity contribution is 5.83. The molecule has 0 radical (unpaired) electrons. The molecule has 150 valence electrons. The number of aromatic amines is 1. The summed E-state index contributed by atoms with van der Waals surface area (Å²) in [5.41, 5.74) is 0.998. The topological polar surface area (TPSA) is 135 Å². The Balaban J connectivity index is 1.55. The maximum absolute atomic E-state index is 12.1. The molecule has 0 aliphatic rings. The summed E-state index contributed by atoms with van der Waals surface area (Å²) in [5, 5.41) is 23.6. The van der Waals surface area contributed by atoms with E-state index in [1.165, 1.54) is 12.1 Å². The number of aryl methyl sites for hydroxylation is 1. The molecule has 0 saturated heterocycles. The molecule has 1 amide bonds. The summed E-state index contributed by atoms with van der Waals surface area (Å²) in [6.45, 7) is 0. The van der Waals surface area contributed by atoms with Crippen LogP contribution in [-0.2, 0) is 22.4 Å². The minimum absolute atomic E-state index is 0.0495. The number of phenols is 1. The summed E-state index contributed by atoms with van der Waals surface area (Å²) in [5.74, 6) is -1.27. The molecule has 8 nitrogen and oxygen atoms in total. The summed E-state index contributed by atoms with van der Waals surface area (Å²) in [7, 11) is 0. The van der Waals surface area contributed by atoms with E-state index >= 15 is 0 Å². The van der Waals surface area contributed by atoms with Gasteiger partial charge in [0.15, 0.2) is 0 Å². The third-order valence-corrected chi connectivity index (χ3v) is 4.48. The lowest BCUT2D eigenvalue weighted by atomic mass is 10.1. The van der Waals surface area contributed by atoms with Crippen molar-refractivity contribution in [2.24, 2.45) is 0 Å². The average Bonchev–Trinajstić information content (AvgIpc) is 2.69. The second-order valence-electron chi connectivity index (χ2n) is 6.69. The molecule has 1 heterocycles. The van der Waals surface area contributed by atoms with Crippen LogP contribution >= 0.6 is 0 Å². The highest BCUT2D eigenvalue weighted by Gasteiger charge is 2.14. The number of hydrogen-bond acceptors (Lipinski definition) is 6. The van der Waals surface area contributed by atoms with Crippen molar-refractivity contribution in [1.82, 2.24) is 15.3 Å². The van der Waals surface area contributed by atoms with Gasteiger partial charge in [0.1, 0.15) is 11.6 Å². The average molecular weight is 394 g/mol. The minimum atomic E-state index is -1.38. The molecule has 29 heavy (non-hydrogen) atoms. The molecule has 3 rings (SSSR count). The zero-order valence-corrected chi connectivity index (χ0v) is 15.6. The standard InChI is InChI=1S/C21H21N3O5/c25-14-10-8-13(9-11-14)12-17(21(28)29)23-19(26)7-3-6-18-22-16-5-2-1-4-15(16)20(27)24-18/h1-2,4-5,8-11,17,25H,3,6-7,12H2,(H,23,26)(H,28,29)(H,22,24,27)/p-1/t17-/m1/s1. The van der Waals surface area contributed by atoms with Crippen LogP contribution in [0.2, 0.25) is 0 Å². The van der Waals surface area contributed by atoms with Gasteiger partial charge in [-0.2, -0.15) is 0 Å². The summed E-state index contributed by atoms with van der Waals surface area (Å²) in [6.07, 6.45) is 0.900. The van der Waals surface area contributed by atoms with Crippen LogP contribution in [0.4, 0.5) is 0 Å². The summed E-state index contributed by atoms with van der Waals surface area (Å²) in [6, 6.07) is 11.9. The van der Waals surface area contributed by atoms with Gasteiger partial charge in [-0.25, -0.2) is 4.98 Å². The highest BCUT2D eigenvalue weighted by atomic mass is 16.4. The number of aliphatic carboxylic acids is 1. The number of aromatic hydroxyl groups is 1. The van der Waals surface area contributed by atoms with Crippen LogP contribution in [0, 0.1) is 0 Å². The smallest absolute Gasteiger partial charge is 0.258 e. The van der Waals surface area contributed by atoms with Crippen LogP contribution in [0.5, 0.6) is 5.75 Å². The fourth-order valence-electron chi connectivity index (χ4n) is 3.00. The van der Waals surface area contributed by atoms with E-state index in [-0.39, 0.29) is 24.2 Å². The molecule has 3 N–H and O–H groups in total. The van der Waals surface area contributed by atoms with E-state index in [4.69, 9.17) is 0 Å². The maximum Gasteiger partial charge on any atom is 0.258 e. The van der Waals surface area contributed by atoms with Crippen LogP contribution in [0.3, 0.4) is 0 Å². The Kier molecular flexibility index (Phi) is 6.23. The number of rotatable bonds is 8. The molecule has 2 aromatic carbocycles. The molecule has 8 heteroatoms. The third-order valence-electron chi connectivity index (χ3n) is 4.48. The Hall–Kier alpha value is -3.68. The molecule has 1 atom stereocenters. The van der Waals surface area contributed by atoms with Crippen molar-refractivity contribution in [3.8, 4) is 5.75 Å². The quantitative estimate of drug-likeness (QED) is 0.507. The number of carboxylic acids is 1. The molecule has 0 spiro atoms. The Bertz CT molecular complexity index is 1080. The van der Waals surface area contributed by atoms with Crippen molar-refractivity contribution in [2.45, 2.75) is 31.7 Å². The lowest BCUT2D eigenvalue weighted by molar-refractivity contribution is -0.308. The van der Waals surface area contributed by atoms with Gasteiger partial charge in [-0.1, -0.05) is 24.3 Å². The van der Waals surface area contributed by atoms with Gasteiger partial charge in [-0.3, -0.25) is 9.59 Å². The lowest BCUT2D eigenvalue weighted by Gasteiger charge is -2.20. The monoisotopic (exact) mass is 394 g/mol. The first-order valence-electron chi connectivity index (χ1n) is 9.18. The summed E-state index contributed by atoms with van der Waals surface area (Å²) < 4.78 is 0. The van der Waals surface area contributed by atoms with Gasteiger partial charge in [0.2, 0.25) is 5.91 Å². The fraction of sp³-hybridized carbons (Fsp3) is 0.238. The minimum Gasteiger partial charge on any atom is -0.548 e. The first-order chi connectivity index (χ1) is 13.9. The second kappa shape index (κ2) is 9.01. The Morgan fingerprint density at radius 1 is 1.14 bits per heavy atom. The normalized spacial score (nSPS) is 11.9. The Morgan fingerprint density at radius 3 is 2.59 bits per heavy atom. The summed E-state index contributed by atoms with van der Waals surface area (Å²) in [4.78, 5) is 42.6. The van der Waals surface area contributed by atoms with Crippen molar-refractivity contribution in [2.75, 3.05) is 0 Å². The lowest BCUT2D eigenvalue weighted by Crippen LogP contribution is -2.49. The fourth-order valence-corrected chi connectivity index (χ4v) is 3.00. The molecule has 0 aliphatic heterocycles. The summed E-state index contributed by atoms with van der Waals surface area (Å²) >= 11 is 0. The highest BCUT2D eigenvalue weighted by Crippen LogP contribution is 2.12. The van der Waals surface area contributed by atoms with E-state index in [9.17, 15) is 24.6 Å². The van der Waals surface area contributed by atoms with Gasteiger partial charge in [0.05, 0.1) is 22.9 Å². The number of fused-ring (bicyclic) bond motifs is 1. The van der Waals surface area contributed by atoms with E-state index in [1.807, 2.05) is 0 Å². The molecule has 0 aliphatic carbocycles. The first kappa shape index (κ1) is 20.1. The van der Waals surface area contributed by atoms with Gasteiger partial charge in [0.25, 0.3) is 5.56 Å². The Morgan fingerprint density at radius 2 is 1.86 bits per heavy atom. The van der Waals surface area contributed by atoms with Crippen LogP contribution < -0.4 is 16.0 Å². The molecule has 0 saturated carbocycles. The number of carbonyl (C=O) groups excluding carboxylic acids is 2. The number of benzene rings is 2. The molecule has 3 aromatic rings. The van der Waals surface area contributed by atoms with Crippen molar-refractivity contribution in [1.29, 1.82) is 0 Å². The van der Waals surface area contributed by atoms with Gasteiger partial charge < -0.3 is 25.3 Å². The number of carbonyl (C=O) groups is 2. The number of amides is 1. The predicted octanol–water partition coefficient (Wildman–Crippen LogP) is 0.429. The van der Waals surface area contributed by atoms with Crippen LogP contribution in [0.25, 0.3) is 10.9 Å². The molecule has 0 bridgehead atoms. The van der Waals surface area contributed by atoms with Crippen molar-refractivity contribution in [3.05, 3.63) is 70.3 Å². The number of nitrogens with one attached hydrogen (secondary N) is 2. The zero-order valence-electron chi connectivity index (χ0n) is 15.6. The number of phenolic OH excluding ortho intramolecular Hbond substituents is 1. The van der Waals surface area contributed by atoms with E-state index in [1.54, 1.807) is 36.4 Å². The number of para-hydroxylation sites is 1. The van der Waals surface area contributed by atoms with E-state index in [0.29, 0.717) is 35.1 Å². The maximum atomic E-state index is 12.1. The van der Waals surface area contributed by atoms with Crippen LogP contribution in [0.1, 0.15) is 24.2 Å². The molecule has 0 unspecified atom stereocenters. The molecule has 1 aromatic heterocycles. The van der Waals surface area contributed by atoms with E-state index in [2.05, 4.69) is 15.3 Å². The number of hydrogen-bond donors (Lipinski definition) is 3. The van der Waals surface area contributed by atoms with Gasteiger partial charge in [-0.15, -0.1) is 0 Å². The largest absolute Gasteiger partial charge is 0.548 e. The predicted molar refractivity (Wildman–Crippen MR) is 104 cm³/mol. The zero-order chi connectivity index (χ0) is 20.8. The second-order valence-corrected chi connectivity index (χ2v) is 6.69. The molecule has 0 fully saturated rings. The van der Waals surface area contributed by atoms with Gasteiger partial charge in [-0.05, 0) is 42.7 Å².